The van der Waals surface area contributed by atoms with Crippen LogP contribution in [0.1, 0.15) is 37.7 Å². The zero-order valence-electron chi connectivity index (χ0n) is 17.1. The molecule has 7 heteroatoms. The van der Waals surface area contributed by atoms with E-state index in [-0.39, 0.29) is 12.5 Å². The summed E-state index contributed by atoms with van der Waals surface area (Å²) in [6, 6.07) is 5.25. The van der Waals surface area contributed by atoms with Crippen LogP contribution in [0.5, 0.6) is 11.5 Å². The van der Waals surface area contributed by atoms with Crippen LogP contribution in [0, 0.1) is 0 Å². The average Bonchev–Trinajstić information content (AvgIpc) is 2.68. The van der Waals surface area contributed by atoms with Crippen LogP contribution in [0.3, 0.4) is 0 Å². The Labute approximate surface area is 167 Å². The molecule has 1 aromatic rings. The standard InChI is InChI=1S/C21H31N3O4/c1-24(14-17-9-10-18(27-2)19(13-17)28-3)15-20(25)23-21(26)22-12-11-16-7-5-4-6-8-16/h7,9-10,13H,4-6,8,11-12,14-15H2,1-3H3,(H2,22,23,25,26)/p+1. The Hall–Kier alpha value is -2.54. The van der Waals surface area contributed by atoms with Crippen molar-refractivity contribution in [3.63, 3.8) is 0 Å². The van der Waals surface area contributed by atoms with E-state index in [1.54, 1.807) is 14.2 Å². The number of ether oxygens (including phenoxy) is 2. The maximum Gasteiger partial charge on any atom is 0.321 e. The molecule has 0 radical (unpaired) electrons. The van der Waals surface area contributed by atoms with Crippen molar-refractivity contribution in [2.24, 2.45) is 0 Å². The molecule has 0 aromatic heterocycles. The minimum absolute atomic E-state index is 0.201. The number of hydrogen-bond donors (Lipinski definition) is 3. The van der Waals surface area contributed by atoms with Gasteiger partial charge in [-0.3, -0.25) is 10.1 Å². The first kappa shape index (κ1) is 21.8. The molecule has 0 heterocycles. The van der Waals surface area contributed by atoms with Gasteiger partial charge in [0.2, 0.25) is 0 Å². The number of carbonyl (C=O) groups is 2. The third-order valence-electron chi connectivity index (χ3n) is 4.79. The largest absolute Gasteiger partial charge is 0.493 e. The van der Waals surface area contributed by atoms with Crippen molar-refractivity contribution < 1.29 is 24.0 Å². The van der Waals surface area contributed by atoms with Crippen LogP contribution in [-0.2, 0) is 11.3 Å². The summed E-state index contributed by atoms with van der Waals surface area (Å²) in [5.74, 6) is 1.03. The molecular formula is C21H32N3O4+. The average molecular weight is 391 g/mol. The number of quaternary nitrogens is 1. The summed E-state index contributed by atoms with van der Waals surface area (Å²) in [6.07, 6.45) is 7.85. The van der Waals surface area contributed by atoms with E-state index in [4.69, 9.17) is 9.47 Å². The van der Waals surface area contributed by atoms with Crippen molar-refractivity contribution in [3.8, 4) is 11.5 Å². The fraction of sp³-hybridized carbons (Fsp3) is 0.524. The fourth-order valence-corrected chi connectivity index (χ4v) is 3.36. The Morgan fingerprint density at radius 3 is 2.61 bits per heavy atom. The first-order chi connectivity index (χ1) is 13.5. The van der Waals surface area contributed by atoms with Gasteiger partial charge in [0.05, 0.1) is 21.3 Å². The summed E-state index contributed by atoms with van der Waals surface area (Å²) in [6.45, 7) is 1.38. The molecule has 28 heavy (non-hydrogen) atoms. The minimum Gasteiger partial charge on any atom is -0.493 e. The van der Waals surface area contributed by atoms with Crippen LogP contribution in [0.15, 0.2) is 29.8 Å². The summed E-state index contributed by atoms with van der Waals surface area (Å²) in [7, 11) is 5.09. The van der Waals surface area contributed by atoms with Gasteiger partial charge in [0, 0.05) is 12.1 Å². The number of hydrogen-bond acceptors (Lipinski definition) is 4. The van der Waals surface area contributed by atoms with E-state index in [1.807, 2.05) is 25.2 Å². The third-order valence-corrected chi connectivity index (χ3v) is 4.79. The van der Waals surface area contributed by atoms with E-state index < -0.39 is 6.03 Å². The molecule has 0 saturated carbocycles. The van der Waals surface area contributed by atoms with Crippen molar-refractivity contribution >= 4 is 11.9 Å². The number of allylic oxidation sites excluding steroid dienone is 1. The summed E-state index contributed by atoms with van der Waals surface area (Å²) < 4.78 is 10.5. The maximum absolute atomic E-state index is 12.1. The van der Waals surface area contributed by atoms with E-state index in [1.165, 1.54) is 18.4 Å². The number of methoxy groups -OCH3 is 2. The molecule has 3 N–H and O–H groups in total. The van der Waals surface area contributed by atoms with Gasteiger partial charge < -0.3 is 19.7 Å². The van der Waals surface area contributed by atoms with Crippen LogP contribution in [0.2, 0.25) is 0 Å². The molecule has 0 aliphatic heterocycles. The van der Waals surface area contributed by atoms with Gasteiger partial charge in [-0.1, -0.05) is 11.6 Å². The second-order valence-electron chi connectivity index (χ2n) is 7.16. The highest BCUT2D eigenvalue weighted by atomic mass is 16.5. The number of carbonyl (C=O) groups excluding carboxylic acids is 2. The minimum atomic E-state index is -0.430. The van der Waals surface area contributed by atoms with Gasteiger partial charge in [-0.15, -0.1) is 0 Å². The van der Waals surface area contributed by atoms with Gasteiger partial charge >= 0.3 is 6.03 Å². The zero-order valence-corrected chi connectivity index (χ0v) is 17.1. The Kier molecular flexibility index (Phi) is 8.81. The van der Waals surface area contributed by atoms with E-state index in [2.05, 4.69) is 16.7 Å². The Bertz CT molecular complexity index is 703. The lowest BCUT2D eigenvalue weighted by molar-refractivity contribution is -0.885. The van der Waals surface area contributed by atoms with Gasteiger partial charge in [-0.25, -0.2) is 4.79 Å². The Balaban J connectivity index is 1.71. The smallest absolute Gasteiger partial charge is 0.321 e. The van der Waals surface area contributed by atoms with E-state index in [9.17, 15) is 9.59 Å². The summed E-state index contributed by atoms with van der Waals surface area (Å²) in [5, 5.41) is 5.16. The number of nitrogens with one attached hydrogen (secondary N) is 3. The molecule has 154 valence electrons. The highest BCUT2D eigenvalue weighted by Crippen LogP contribution is 2.27. The highest BCUT2D eigenvalue weighted by molar-refractivity contribution is 5.94. The van der Waals surface area contributed by atoms with Crippen LogP contribution < -0.4 is 25.0 Å². The molecule has 0 saturated heterocycles. The fourth-order valence-electron chi connectivity index (χ4n) is 3.36. The summed E-state index contributed by atoms with van der Waals surface area (Å²) in [4.78, 5) is 24.9. The van der Waals surface area contributed by atoms with Crippen molar-refractivity contribution in [1.29, 1.82) is 0 Å². The van der Waals surface area contributed by atoms with E-state index >= 15 is 0 Å². The van der Waals surface area contributed by atoms with Crippen LogP contribution in [0.4, 0.5) is 4.79 Å². The van der Waals surface area contributed by atoms with Crippen LogP contribution >= 0.6 is 0 Å². The maximum atomic E-state index is 12.1. The second-order valence-corrected chi connectivity index (χ2v) is 7.16. The molecule has 1 aromatic carbocycles. The third kappa shape index (κ3) is 7.23. The van der Waals surface area contributed by atoms with Crippen LogP contribution in [-0.4, -0.2) is 46.3 Å². The molecule has 1 unspecified atom stereocenters. The number of imide groups is 1. The lowest BCUT2D eigenvalue weighted by Gasteiger charge is -2.15. The van der Waals surface area contributed by atoms with Crippen molar-refractivity contribution in [3.05, 3.63) is 35.4 Å². The molecule has 0 bridgehead atoms. The number of urea groups is 1. The molecule has 0 spiro atoms. The topological polar surface area (TPSA) is 81.1 Å². The van der Waals surface area contributed by atoms with Gasteiger partial charge in [-0.05, 0) is 50.3 Å². The summed E-state index contributed by atoms with van der Waals surface area (Å²) >= 11 is 0. The van der Waals surface area contributed by atoms with Gasteiger partial charge in [0.25, 0.3) is 5.91 Å². The number of amides is 3. The quantitative estimate of drug-likeness (QED) is 0.558. The van der Waals surface area contributed by atoms with Crippen molar-refractivity contribution in [1.82, 2.24) is 10.6 Å². The SMILES string of the molecule is COc1ccc(C[NH+](C)CC(=O)NC(=O)NCCC2=CCCCC2)cc1OC. The lowest BCUT2D eigenvalue weighted by atomic mass is 9.97. The molecule has 1 atom stereocenters. The monoisotopic (exact) mass is 390 g/mol. The van der Waals surface area contributed by atoms with E-state index in [0.29, 0.717) is 24.6 Å². The van der Waals surface area contributed by atoms with Gasteiger partial charge in [-0.2, -0.15) is 0 Å². The molecule has 1 aliphatic rings. The van der Waals surface area contributed by atoms with Crippen LogP contribution in [0.25, 0.3) is 0 Å². The predicted octanol–water partition coefficient (Wildman–Crippen LogP) is 1.43. The number of benzene rings is 1. The molecule has 1 aliphatic carbocycles. The number of rotatable bonds is 9. The summed E-state index contributed by atoms with van der Waals surface area (Å²) in [5.41, 5.74) is 2.42. The Morgan fingerprint density at radius 2 is 1.93 bits per heavy atom. The molecule has 2 rings (SSSR count). The van der Waals surface area contributed by atoms with Gasteiger partial charge in [0.15, 0.2) is 18.0 Å². The first-order valence-electron chi connectivity index (χ1n) is 9.79. The van der Waals surface area contributed by atoms with Gasteiger partial charge in [0.1, 0.15) is 6.54 Å². The predicted molar refractivity (Wildman–Crippen MR) is 108 cm³/mol. The highest BCUT2D eigenvalue weighted by Gasteiger charge is 2.15. The second kappa shape index (κ2) is 11.3. The lowest BCUT2D eigenvalue weighted by Crippen LogP contribution is -3.09. The molecular weight excluding hydrogens is 358 g/mol. The van der Waals surface area contributed by atoms with E-state index in [0.717, 1.165) is 29.7 Å². The van der Waals surface area contributed by atoms with Crippen molar-refractivity contribution in [2.45, 2.75) is 38.6 Å². The molecule has 7 nitrogen and oxygen atoms in total. The molecule has 0 fully saturated rings. The molecule has 3 amide bonds. The van der Waals surface area contributed by atoms with Crippen molar-refractivity contribution in [2.75, 3.05) is 34.4 Å². The number of likely N-dealkylation sites (N-methyl/N-ethyl adjacent to an activating group) is 1. The zero-order chi connectivity index (χ0) is 20.4. The first-order valence-corrected chi connectivity index (χ1v) is 9.79. The Morgan fingerprint density at radius 1 is 1.14 bits per heavy atom. The normalized spacial score (nSPS) is 14.6.